The second kappa shape index (κ2) is 8.87. The first-order chi connectivity index (χ1) is 14.3. The number of rotatable bonds is 5. The van der Waals surface area contributed by atoms with Crippen molar-refractivity contribution in [1.82, 2.24) is 0 Å². The molecule has 5 N–H and O–H groups in total. The van der Waals surface area contributed by atoms with Crippen molar-refractivity contribution in [1.29, 1.82) is 0 Å². The summed E-state index contributed by atoms with van der Waals surface area (Å²) in [4.78, 5) is 35.8. The Morgan fingerprint density at radius 2 is 1.43 bits per heavy atom. The van der Waals surface area contributed by atoms with Crippen LogP contribution in [0.4, 0.5) is 26.2 Å². The topological polar surface area (TPSA) is 113 Å². The molecule has 0 atom stereocenters. The molecule has 0 heterocycles. The Balaban J connectivity index is 1.74. The SMILES string of the molecule is Cc1ccc(C(=O)Nc2ccc(NC(N)=O)cc2)cc1NC(=O)c1ccccc1F. The lowest BCUT2D eigenvalue weighted by atomic mass is 10.1. The second-order valence-corrected chi connectivity index (χ2v) is 6.48. The van der Waals surface area contributed by atoms with E-state index in [0.29, 0.717) is 22.6 Å². The van der Waals surface area contributed by atoms with Crippen LogP contribution >= 0.6 is 0 Å². The van der Waals surface area contributed by atoms with Crippen LogP contribution in [0.25, 0.3) is 0 Å². The lowest BCUT2D eigenvalue weighted by molar-refractivity contribution is 0.101. The van der Waals surface area contributed by atoms with Crippen LogP contribution in [0.2, 0.25) is 0 Å². The predicted octanol–water partition coefficient (Wildman–Crippen LogP) is 4.13. The van der Waals surface area contributed by atoms with Gasteiger partial charge < -0.3 is 21.7 Å². The summed E-state index contributed by atoms with van der Waals surface area (Å²) in [6, 6.07) is 16.2. The highest BCUT2D eigenvalue weighted by Crippen LogP contribution is 2.20. The molecule has 8 heteroatoms. The molecule has 3 aromatic carbocycles. The van der Waals surface area contributed by atoms with Crippen molar-refractivity contribution in [3.05, 3.63) is 89.2 Å². The van der Waals surface area contributed by atoms with E-state index < -0.39 is 23.7 Å². The summed E-state index contributed by atoms with van der Waals surface area (Å²) in [6.45, 7) is 1.77. The Morgan fingerprint density at radius 3 is 2.07 bits per heavy atom. The summed E-state index contributed by atoms with van der Waals surface area (Å²) in [5, 5.41) is 7.79. The number of carbonyl (C=O) groups is 3. The third-order valence-corrected chi connectivity index (χ3v) is 4.28. The van der Waals surface area contributed by atoms with Gasteiger partial charge in [-0.1, -0.05) is 18.2 Å². The molecule has 0 aromatic heterocycles. The fourth-order valence-electron chi connectivity index (χ4n) is 2.72. The van der Waals surface area contributed by atoms with Gasteiger partial charge in [-0.25, -0.2) is 9.18 Å². The molecule has 3 rings (SSSR count). The molecule has 7 nitrogen and oxygen atoms in total. The van der Waals surface area contributed by atoms with Crippen molar-refractivity contribution in [2.75, 3.05) is 16.0 Å². The van der Waals surface area contributed by atoms with E-state index in [1.54, 1.807) is 49.4 Å². The van der Waals surface area contributed by atoms with Gasteiger partial charge in [-0.15, -0.1) is 0 Å². The predicted molar refractivity (Wildman–Crippen MR) is 113 cm³/mol. The van der Waals surface area contributed by atoms with Gasteiger partial charge in [0.25, 0.3) is 11.8 Å². The minimum absolute atomic E-state index is 0.0867. The summed E-state index contributed by atoms with van der Waals surface area (Å²) in [5.74, 6) is -1.63. The number of nitrogens with two attached hydrogens (primary N) is 1. The fourth-order valence-corrected chi connectivity index (χ4v) is 2.72. The lowest BCUT2D eigenvalue weighted by Gasteiger charge is -2.12. The first-order valence-corrected chi connectivity index (χ1v) is 8.98. The number of benzene rings is 3. The standard InChI is InChI=1S/C22H19FN4O3/c1-13-6-7-14(12-19(13)27-21(29)17-4-2-3-5-18(17)23)20(28)25-15-8-10-16(11-9-15)26-22(24)30/h2-12H,1H3,(H,25,28)(H,27,29)(H3,24,26,30). The largest absolute Gasteiger partial charge is 0.351 e. The molecule has 0 unspecified atom stereocenters. The molecule has 4 amide bonds. The number of amides is 4. The van der Waals surface area contributed by atoms with Crippen LogP contribution in [-0.2, 0) is 0 Å². The minimum atomic E-state index is -0.684. The molecule has 30 heavy (non-hydrogen) atoms. The van der Waals surface area contributed by atoms with E-state index in [-0.39, 0.29) is 5.56 Å². The zero-order valence-electron chi connectivity index (χ0n) is 16.0. The van der Waals surface area contributed by atoms with E-state index in [4.69, 9.17) is 5.73 Å². The van der Waals surface area contributed by atoms with Gasteiger partial charge in [-0.2, -0.15) is 0 Å². The molecular weight excluding hydrogens is 387 g/mol. The van der Waals surface area contributed by atoms with Crippen molar-refractivity contribution in [3.63, 3.8) is 0 Å². The normalized spacial score (nSPS) is 10.2. The van der Waals surface area contributed by atoms with Gasteiger partial charge >= 0.3 is 6.03 Å². The van der Waals surface area contributed by atoms with Crippen molar-refractivity contribution in [2.45, 2.75) is 6.92 Å². The fraction of sp³-hybridized carbons (Fsp3) is 0.0455. The number of anilines is 3. The lowest BCUT2D eigenvalue weighted by Crippen LogP contribution is -2.19. The van der Waals surface area contributed by atoms with Crippen molar-refractivity contribution in [3.8, 4) is 0 Å². The van der Waals surface area contributed by atoms with Gasteiger partial charge in [0, 0.05) is 22.6 Å². The van der Waals surface area contributed by atoms with Crippen LogP contribution in [0.3, 0.4) is 0 Å². The van der Waals surface area contributed by atoms with Gasteiger partial charge in [0.1, 0.15) is 5.82 Å². The maximum absolute atomic E-state index is 13.8. The molecule has 0 aliphatic heterocycles. The number of halogens is 1. The van der Waals surface area contributed by atoms with E-state index in [9.17, 15) is 18.8 Å². The van der Waals surface area contributed by atoms with Crippen molar-refractivity contribution in [2.24, 2.45) is 5.73 Å². The van der Waals surface area contributed by atoms with Crippen LogP contribution < -0.4 is 21.7 Å². The summed E-state index contributed by atoms with van der Waals surface area (Å²) in [7, 11) is 0. The highest BCUT2D eigenvalue weighted by atomic mass is 19.1. The van der Waals surface area contributed by atoms with E-state index in [1.807, 2.05) is 0 Å². The van der Waals surface area contributed by atoms with E-state index in [2.05, 4.69) is 16.0 Å². The number of hydrogen-bond acceptors (Lipinski definition) is 3. The number of urea groups is 1. The van der Waals surface area contributed by atoms with E-state index in [1.165, 1.54) is 24.3 Å². The van der Waals surface area contributed by atoms with Crippen LogP contribution in [0.1, 0.15) is 26.3 Å². The summed E-state index contributed by atoms with van der Waals surface area (Å²) >= 11 is 0. The molecule has 152 valence electrons. The van der Waals surface area contributed by atoms with Crippen LogP contribution in [0.15, 0.2) is 66.7 Å². The number of carbonyl (C=O) groups excluding carboxylic acids is 3. The Morgan fingerprint density at radius 1 is 0.800 bits per heavy atom. The Labute approximate surface area is 172 Å². The Hall–Kier alpha value is -4.20. The molecule has 0 saturated heterocycles. The molecule has 0 spiro atoms. The van der Waals surface area contributed by atoms with Gasteiger partial charge in [0.05, 0.1) is 5.56 Å². The molecule has 3 aromatic rings. The number of nitrogens with one attached hydrogen (secondary N) is 3. The van der Waals surface area contributed by atoms with E-state index in [0.717, 1.165) is 5.56 Å². The smallest absolute Gasteiger partial charge is 0.316 e. The van der Waals surface area contributed by atoms with Gasteiger partial charge in [0.2, 0.25) is 0 Å². The first-order valence-electron chi connectivity index (χ1n) is 8.98. The monoisotopic (exact) mass is 406 g/mol. The zero-order chi connectivity index (χ0) is 21.7. The van der Waals surface area contributed by atoms with Crippen LogP contribution in [-0.4, -0.2) is 17.8 Å². The zero-order valence-corrected chi connectivity index (χ0v) is 16.0. The second-order valence-electron chi connectivity index (χ2n) is 6.48. The highest BCUT2D eigenvalue weighted by molar-refractivity contribution is 6.08. The summed E-state index contributed by atoms with van der Waals surface area (Å²) < 4.78 is 13.8. The average Bonchev–Trinajstić information content (AvgIpc) is 2.71. The third kappa shape index (κ3) is 4.99. The first kappa shape index (κ1) is 20.5. The Bertz CT molecular complexity index is 1110. The van der Waals surface area contributed by atoms with Crippen LogP contribution in [0.5, 0.6) is 0 Å². The maximum Gasteiger partial charge on any atom is 0.316 e. The minimum Gasteiger partial charge on any atom is -0.351 e. The maximum atomic E-state index is 13.8. The summed E-state index contributed by atoms with van der Waals surface area (Å²) in [5.41, 5.74) is 7.40. The average molecular weight is 406 g/mol. The third-order valence-electron chi connectivity index (χ3n) is 4.28. The van der Waals surface area contributed by atoms with Crippen molar-refractivity contribution >= 4 is 34.9 Å². The molecule has 0 radical (unpaired) electrons. The van der Waals surface area contributed by atoms with Gasteiger partial charge in [-0.3, -0.25) is 9.59 Å². The van der Waals surface area contributed by atoms with Crippen molar-refractivity contribution < 1.29 is 18.8 Å². The highest BCUT2D eigenvalue weighted by Gasteiger charge is 2.14. The molecule has 0 saturated carbocycles. The number of aryl methyl sites for hydroxylation is 1. The number of primary amides is 1. The molecule has 0 aliphatic carbocycles. The number of hydrogen-bond donors (Lipinski definition) is 4. The van der Waals surface area contributed by atoms with Gasteiger partial charge in [-0.05, 0) is 61.0 Å². The molecule has 0 bridgehead atoms. The van der Waals surface area contributed by atoms with Crippen LogP contribution in [0, 0.1) is 12.7 Å². The van der Waals surface area contributed by atoms with Gasteiger partial charge in [0.15, 0.2) is 0 Å². The molecule has 0 fully saturated rings. The molecular formula is C22H19FN4O3. The molecule has 0 aliphatic rings. The van der Waals surface area contributed by atoms with E-state index >= 15 is 0 Å². The summed E-state index contributed by atoms with van der Waals surface area (Å²) in [6.07, 6.45) is 0. The quantitative estimate of drug-likeness (QED) is 0.511. The Kier molecular flexibility index (Phi) is 6.07.